The van der Waals surface area contributed by atoms with Crippen molar-refractivity contribution in [2.75, 3.05) is 13.2 Å². The SMILES string of the molecule is N=C1CCOCC1. The summed E-state index contributed by atoms with van der Waals surface area (Å²) in [6.45, 7) is 1.53. The molecule has 1 heterocycles. The molecule has 0 saturated carbocycles. The van der Waals surface area contributed by atoms with Gasteiger partial charge in [0.15, 0.2) is 0 Å². The number of hydrogen-bond donors (Lipinski definition) is 1. The first-order valence-electron chi connectivity index (χ1n) is 2.53. The predicted octanol–water partition coefficient (Wildman–Crippen LogP) is 0.817. The van der Waals surface area contributed by atoms with Crippen LogP contribution in [0.15, 0.2) is 0 Å². The molecule has 0 spiro atoms. The Balaban J connectivity index is 2.25. The van der Waals surface area contributed by atoms with Crippen LogP contribution >= 0.6 is 0 Å². The molecule has 2 nitrogen and oxygen atoms in total. The van der Waals surface area contributed by atoms with Gasteiger partial charge in [-0.2, -0.15) is 0 Å². The first-order valence-corrected chi connectivity index (χ1v) is 2.53. The first kappa shape index (κ1) is 4.78. The normalized spacial score (nSPS) is 22.6. The second-order valence-electron chi connectivity index (χ2n) is 1.72. The summed E-state index contributed by atoms with van der Waals surface area (Å²) in [4.78, 5) is 0. The maximum atomic E-state index is 7.11. The van der Waals surface area contributed by atoms with Gasteiger partial charge in [0.2, 0.25) is 0 Å². The smallest absolute Gasteiger partial charge is 0.0518 e. The lowest BCUT2D eigenvalue weighted by atomic mass is 10.2. The molecule has 1 fully saturated rings. The Kier molecular flexibility index (Phi) is 1.42. The van der Waals surface area contributed by atoms with Gasteiger partial charge in [-0.05, 0) is 0 Å². The van der Waals surface area contributed by atoms with Crippen molar-refractivity contribution in [3.05, 3.63) is 0 Å². The number of hydrogen-bond acceptors (Lipinski definition) is 2. The van der Waals surface area contributed by atoms with Crippen molar-refractivity contribution in [3.63, 3.8) is 0 Å². The van der Waals surface area contributed by atoms with Crippen molar-refractivity contribution in [1.29, 1.82) is 5.41 Å². The van der Waals surface area contributed by atoms with Gasteiger partial charge in [0.1, 0.15) is 0 Å². The van der Waals surface area contributed by atoms with E-state index in [4.69, 9.17) is 10.1 Å². The van der Waals surface area contributed by atoms with Gasteiger partial charge in [-0.15, -0.1) is 0 Å². The zero-order chi connectivity index (χ0) is 5.11. The van der Waals surface area contributed by atoms with Gasteiger partial charge >= 0.3 is 0 Å². The van der Waals surface area contributed by atoms with E-state index < -0.39 is 0 Å². The largest absolute Gasteiger partial charge is 0.381 e. The van der Waals surface area contributed by atoms with Crippen LogP contribution < -0.4 is 0 Å². The van der Waals surface area contributed by atoms with E-state index in [1.165, 1.54) is 0 Å². The lowest BCUT2D eigenvalue weighted by molar-refractivity contribution is 0.134. The van der Waals surface area contributed by atoms with E-state index in [2.05, 4.69) is 0 Å². The fraction of sp³-hybridized carbons (Fsp3) is 0.800. The molecular formula is C5H9NO. The highest BCUT2D eigenvalue weighted by atomic mass is 16.5. The fourth-order valence-electron chi connectivity index (χ4n) is 0.618. The molecule has 7 heavy (non-hydrogen) atoms. The monoisotopic (exact) mass is 99.1 g/mol. The van der Waals surface area contributed by atoms with E-state index in [-0.39, 0.29) is 0 Å². The van der Waals surface area contributed by atoms with E-state index in [1.807, 2.05) is 0 Å². The molecule has 0 radical (unpaired) electrons. The average molecular weight is 99.1 g/mol. The van der Waals surface area contributed by atoms with E-state index in [1.54, 1.807) is 0 Å². The van der Waals surface area contributed by atoms with Crippen molar-refractivity contribution in [2.24, 2.45) is 0 Å². The highest BCUT2D eigenvalue weighted by molar-refractivity contribution is 5.81. The molecular weight excluding hydrogens is 90.1 g/mol. The quantitative estimate of drug-likeness (QED) is 0.479. The Morgan fingerprint density at radius 3 is 2.14 bits per heavy atom. The topological polar surface area (TPSA) is 33.1 Å². The maximum absolute atomic E-state index is 7.11. The van der Waals surface area contributed by atoms with Crippen LogP contribution in [0.1, 0.15) is 12.8 Å². The minimum atomic E-state index is 0.763. The van der Waals surface area contributed by atoms with Crippen LogP contribution in [0.2, 0.25) is 0 Å². The van der Waals surface area contributed by atoms with Crippen molar-refractivity contribution >= 4 is 5.71 Å². The van der Waals surface area contributed by atoms with Gasteiger partial charge in [0, 0.05) is 18.6 Å². The second kappa shape index (κ2) is 2.07. The number of rotatable bonds is 0. The van der Waals surface area contributed by atoms with Crippen molar-refractivity contribution in [2.45, 2.75) is 12.8 Å². The third kappa shape index (κ3) is 1.27. The molecule has 1 N–H and O–H groups in total. The predicted molar refractivity (Wildman–Crippen MR) is 27.8 cm³/mol. The average Bonchev–Trinajstić information content (AvgIpc) is 1.69. The molecule has 0 aromatic rings. The van der Waals surface area contributed by atoms with Gasteiger partial charge in [-0.25, -0.2) is 0 Å². The summed E-state index contributed by atoms with van der Waals surface area (Å²) >= 11 is 0. The summed E-state index contributed by atoms with van der Waals surface area (Å²) in [6.07, 6.45) is 1.69. The summed E-state index contributed by atoms with van der Waals surface area (Å²) in [6, 6.07) is 0. The molecule has 0 atom stereocenters. The second-order valence-corrected chi connectivity index (χ2v) is 1.72. The van der Waals surface area contributed by atoms with Crippen LogP contribution in [-0.4, -0.2) is 18.9 Å². The molecule has 1 aliphatic rings. The van der Waals surface area contributed by atoms with Crippen LogP contribution in [0.5, 0.6) is 0 Å². The zero-order valence-electron chi connectivity index (χ0n) is 4.24. The summed E-state index contributed by atoms with van der Waals surface area (Å²) in [5, 5.41) is 7.11. The van der Waals surface area contributed by atoms with Crippen molar-refractivity contribution in [1.82, 2.24) is 0 Å². The summed E-state index contributed by atoms with van der Waals surface area (Å²) < 4.78 is 5.00. The number of ether oxygens (including phenoxy) is 1. The minimum absolute atomic E-state index is 0.763. The van der Waals surface area contributed by atoms with Crippen LogP contribution in [0.4, 0.5) is 0 Å². The Hall–Kier alpha value is -0.370. The maximum Gasteiger partial charge on any atom is 0.0518 e. The fourth-order valence-corrected chi connectivity index (χ4v) is 0.618. The molecule has 1 aliphatic heterocycles. The Morgan fingerprint density at radius 2 is 1.86 bits per heavy atom. The van der Waals surface area contributed by atoms with Gasteiger partial charge in [-0.3, -0.25) is 0 Å². The summed E-state index contributed by atoms with van der Waals surface area (Å²) in [7, 11) is 0. The summed E-state index contributed by atoms with van der Waals surface area (Å²) in [5.74, 6) is 0. The minimum Gasteiger partial charge on any atom is -0.381 e. The van der Waals surface area contributed by atoms with Gasteiger partial charge in [0.05, 0.1) is 13.2 Å². The molecule has 40 valence electrons. The standard InChI is InChI=1S/C5H9NO/c6-5-1-3-7-4-2-5/h6H,1-4H2. The van der Waals surface area contributed by atoms with Crippen LogP contribution in [0.25, 0.3) is 0 Å². The van der Waals surface area contributed by atoms with Crippen LogP contribution in [-0.2, 0) is 4.74 Å². The third-order valence-electron chi connectivity index (χ3n) is 1.10. The Labute approximate surface area is 43.0 Å². The Morgan fingerprint density at radius 1 is 1.29 bits per heavy atom. The van der Waals surface area contributed by atoms with E-state index in [0.29, 0.717) is 0 Å². The molecule has 1 saturated heterocycles. The molecule has 0 bridgehead atoms. The molecule has 0 aliphatic carbocycles. The highest BCUT2D eigenvalue weighted by Gasteiger charge is 2.02. The van der Waals surface area contributed by atoms with Crippen molar-refractivity contribution < 1.29 is 4.74 Å². The first-order chi connectivity index (χ1) is 3.39. The molecule has 0 unspecified atom stereocenters. The van der Waals surface area contributed by atoms with Crippen molar-refractivity contribution in [3.8, 4) is 0 Å². The number of nitrogens with one attached hydrogen (secondary N) is 1. The Bertz CT molecular complexity index is 72.1. The lowest BCUT2D eigenvalue weighted by Crippen LogP contribution is -2.13. The molecule has 0 aromatic heterocycles. The molecule has 0 amide bonds. The zero-order valence-corrected chi connectivity index (χ0v) is 4.24. The van der Waals surface area contributed by atoms with E-state index in [0.717, 1.165) is 31.8 Å². The lowest BCUT2D eigenvalue weighted by Gasteiger charge is -2.10. The van der Waals surface area contributed by atoms with E-state index in [9.17, 15) is 0 Å². The molecule has 1 rings (SSSR count). The van der Waals surface area contributed by atoms with Gasteiger partial charge in [0.25, 0.3) is 0 Å². The third-order valence-corrected chi connectivity index (χ3v) is 1.10. The van der Waals surface area contributed by atoms with Gasteiger partial charge in [-0.1, -0.05) is 0 Å². The highest BCUT2D eigenvalue weighted by Crippen LogP contribution is 1.98. The van der Waals surface area contributed by atoms with E-state index >= 15 is 0 Å². The summed E-state index contributed by atoms with van der Waals surface area (Å²) in [5.41, 5.74) is 0.839. The van der Waals surface area contributed by atoms with Crippen LogP contribution in [0, 0.1) is 5.41 Å². The van der Waals surface area contributed by atoms with Crippen LogP contribution in [0.3, 0.4) is 0 Å². The molecule has 2 heteroatoms. The van der Waals surface area contributed by atoms with Gasteiger partial charge < -0.3 is 10.1 Å². The molecule has 0 aromatic carbocycles.